The molecule has 3 rings (SSSR count). The number of hydrogen-bond acceptors (Lipinski definition) is 4. The second-order valence-electron chi connectivity index (χ2n) is 7.33. The molecule has 0 bridgehead atoms. The van der Waals surface area contributed by atoms with E-state index in [4.69, 9.17) is 0 Å². The van der Waals surface area contributed by atoms with Crippen LogP contribution in [0.5, 0.6) is 0 Å². The van der Waals surface area contributed by atoms with Gasteiger partial charge in [0.15, 0.2) is 0 Å². The van der Waals surface area contributed by atoms with Crippen molar-refractivity contribution >= 4 is 17.8 Å². The van der Waals surface area contributed by atoms with Gasteiger partial charge in [-0.05, 0) is 23.1 Å². The number of benzene rings is 3. The molecule has 0 saturated heterocycles. The Morgan fingerprint density at radius 1 is 0.812 bits per heavy atom. The average Bonchev–Trinajstić information content (AvgIpc) is 2.84. The molecule has 0 aliphatic rings. The van der Waals surface area contributed by atoms with Crippen LogP contribution in [-0.2, 0) is 24.5 Å². The molecule has 0 radical (unpaired) electrons. The molecule has 3 aromatic carbocycles. The molecule has 32 heavy (non-hydrogen) atoms. The number of carboxylic acids is 1. The third-order valence-electron chi connectivity index (χ3n) is 5.43. The van der Waals surface area contributed by atoms with Crippen LogP contribution in [0.25, 0.3) is 0 Å². The first-order chi connectivity index (χ1) is 15.5. The van der Waals surface area contributed by atoms with Crippen LogP contribution in [0.4, 0.5) is 0 Å². The molecular weight excluding hydrogens is 406 g/mol. The third-order valence-corrected chi connectivity index (χ3v) is 5.43. The van der Waals surface area contributed by atoms with E-state index in [2.05, 4.69) is 10.1 Å². The number of methoxy groups -OCH3 is 1. The SMILES string of the molecule is COC(=O)CC[C@H](NC(=O)C(c1ccccc1)(c1ccccc1)c1ccccc1)C(=O)O. The Morgan fingerprint density at radius 2 is 1.22 bits per heavy atom. The van der Waals surface area contributed by atoms with E-state index in [0.717, 1.165) is 0 Å². The maximum Gasteiger partial charge on any atom is 0.326 e. The van der Waals surface area contributed by atoms with Crippen LogP contribution in [0, 0.1) is 0 Å². The number of esters is 1. The van der Waals surface area contributed by atoms with Crippen molar-refractivity contribution in [1.82, 2.24) is 5.32 Å². The minimum absolute atomic E-state index is 0.0812. The smallest absolute Gasteiger partial charge is 0.326 e. The Labute approximate surface area is 186 Å². The summed E-state index contributed by atoms with van der Waals surface area (Å²) in [5.74, 6) is -2.24. The number of aliphatic carboxylic acids is 1. The van der Waals surface area contributed by atoms with Crippen LogP contribution in [-0.4, -0.2) is 36.1 Å². The Bertz CT molecular complexity index is 955. The van der Waals surface area contributed by atoms with Gasteiger partial charge in [0.2, 0.25) is 5.91 Å². The predicted octanol–water partition coefficient (Wildman–Crippen LogP) is 3.54. The normalized spacial score (nSPS) is 11.9. The fraction of sp³-hybridized carbons (Fsp3) is 0.192. The van der Waals surface area contributed by atoms with Crippen molar-refractivity contribution in [2.75, 3.05) is 7.11 Å². The molecule has 0 aliphatic heterocycles. The fourth-order valence-electron chi connectivity index (χ4n) is 3.85. The lowest BCUT2D eigenvalue weighted by Gasteiger charge is -2.35. The highest BCUT2D eigenvalue weighted by atomic mass is 16.5. The van der Waals surface area contributed by atoms with Crippen molar-refractivity contribution in [1.29, 1.82) is 0 Å². The van der Waals surface area contributed by atoms with Crippen molar-refractivity contribution in [3.05, 3.63) is 108 Å². The molecule has 6 nitrogen and oxygen atoms in total. The van der Waals surface area contributed by atoms with Crippen molar-refractivity contribution in [3.8, 4) is 0 Å². The Hall–Kier alpha value is -3.93. The summed E-state index contributed by atoms with van der Waals surface area (Å²) in [6.45, 7) is 0. The largest absolute Gasteiger partial charge is 0.480 e. The lowest BCUT2D eigenvalue weighted by atomic mass is 9.68. The zero-order chi connectivity index (χ0) is 23.0. The molecular formula is C26H25NO5. The molecule has 0 spiro atoms. The van der Waals surface area contributed by atoms with Crippen LogP contribution in [0.1, 0.15) is 29.5 Å². The van der Waals surface area contributed by atoms with Crippen LogP contribution in [0.2, 0.25) is 0 Å². The summed E-state index contributed by atoms with van der Waals surface area (Å²) >= 11 is 0. The number of carboxylic acid groups (broad SMARTS) is 1. The summed E-state index contributed by atoms with van der Waals surface area (Å²) in [5, 5.41) is 12.4. The number of ether oxygens (including phenoxy) is 1. The van der Waals surface area contributed by atoms with Crippen molar-refractivity contribution in [2.24, 2.45) is 0 Å². The molecule has 1 atom stereocenters. The lowest BCUT2D eigenvalue weighted by Crippen LogP contribution is -2.52. The zero-order valence-corrected chi connectivity index (χ0v) is 17.7. The first kappa shape index (κ1) is 22.7. The summed E-state index contributed by atoms with van der Waals surface area (Å²) in [6, 6.07) is 26.5. The molecule has 0 heterocycles. The molecule has 164 valence electrons. The third kappa shape index (κ3) is 4.70. The Kier molecular flexibility index (Phi) is 7.39. The minimum atomic E-state index is -1.29. The van der Waals surface area contributed by atoms with Gasteiger partial charge >= 0.3 is 11.9 Å². The van der Waals surface area contributed by atoms with E-state index in [1.165, 1.54) is 7.11 Å². The molecule has 0 unspecified atom stereocenters. The van der Waals surface area contributed by atoms with Gasteiger partial charge < -0.3 is 15.2 Å². The maximum atomic E-state index is 14.0. The minimum Gasteiger partial charge on any atom is -0.480 e. The van der Waals surface area contributed by atoms with E-state index < -0.39 is 29.3 Å². The number of carbonyl (C=O) groups is 3. The fourth-order valence-corrected chi connectivity index (χ4v) is 3.85. The first-order valence-corrected chi connectivity index (χ1v) is 10.3. The molecule has 6 heteroatoms. The predicted molar refractivity (Wildman–Crippen MR) is 120 cm³/mol. The second kappa shape index (κ2) is 10.4. The van der Waals surface area contributed by atoms with Gasteiger partial charge in [0.1, 0.15) is 11.5 Å². The van der Waals surface area contributed by atoms with E-state index in [1.807, 2.05) is 91.0 Å². The number of hydrogen-bond donors (Lipinski definition) is 2. The highest BCUT2D eigenvalue weighted by molar-refractivity contribution is 5.98. The van der Waals surface area contributed by atoms with E-state index >= 15 is 0 Å². The van der Waals surface area contributed by atoms with Gasteiger partial charge in [-0.3, -0.25) is 9.59 Å². The molecule has 0 saturated carbocycles. The standard InChI is InChI=1S/C26H25NO5/c1-32-23(28)18-17-22(24(29)30)27-25(31)26(19-11-5-2-6-12-19,20-13-7-3-8-14-20)21-15-9-4-10-16-21/h2-16,22H,17-18H2,1H3,(H,27,31)(H,29,30)/t22-/m0/s1. The van der Waals surface area contributed by atoms with Crippen molar-refractivity contribution in [3.63, 3.8) is 0 Å². The molecule has 1 amide bonds. The van der Waals surface area contributed by atoms with Gasteiger partial charge in [0, 0.05) is 6.42 Å². The Morgan fingerprint density at radius 3 is 1.56 bits per heavy atom. The Balaban J connectivity index is 2.14. The van der Waals surface area contributed by atoms with Crippen molar-refractivity contribution < 1.29 is 24.2 Å². The lowest BCUT2D eigenvalue weighted by molar-refractivity contribution is -0.144. The van der Waals surface area contributed by atoms with Gasteiger partial charge in [-0.25, -0.2) is 4.79 Å². The van der Waals surface area contributed by atoms with Crippen LogP contribution < -0.4 is 5.32 Å². The summed E-state index contributed by atoms with van der Waals surface area (Å²) in [7, 11) is 1.24. The van der Waals surface area contributed by atoms with Gasteiger partial charge in [-0.2, -0.15) is 0 Å². The van der Waals surface area contributed by atoms with Crippen LogP contribution in [0.3, 0.4) is 0 Å². The van der Waals surface area contributed by atoms with E-state index in [-0.39, 0.29) is 12.8 Å². The van der Waals surface area contributed by atoms with E-state index in [9.17, 15) is 19.5 Å². The molecule has 0 fully saturated rings. The number of rotatable bonds is 9. The number of amides is 1. The second-order valence-corrected chi connectivity index (χ2v) is 7.33. The summed E-state index contributed by atoms with van der Waals surface area (Å²) in [4.78, 5) is 37.5. The summed E-state index contributed by atoms with van der Waals surface area (Å²) in [5.41, 5.74) is 0.814. The summed E-state index contributed by atoms with van der Waals surface area (Å²) in [6.07, 6.45) is -0.203. The van der Waals surface area contributed by atoms with Gasteiger partial charge in [0.05, 0.1) is 7.11 Å². The van der Waals surface area contributed by atoms with E-state index in [1.54, 1.807) is 0 Å². The molecule has 2 N–H and O–H groups in total. The van der Waals surface area contributed by atoms with Gasteiger partial charge in [-0.15, -0.1) is 0 Å². The number of nitrogens with one attached hydrogen (secondary N) is 1. The van der Waals surface area contributed by atoms with E-state index in [0.29, 0.717) is 16.7 Å². The quantitative estimate of drug-likeness (QED) is 0.399. The monoisotopic (exact) mass is 431 g/mol. The van der Waals surface area contributed by atoms with Crippen LogP contribution in [0.15, 0.2) is 91.0 Å². The van der Waals surface area contributed by atoms with Gasteiger partial charge in [0.25, 0.3) is 0 Å². The first-order valence-electron chi connectivity index (χ1n) is 10.3. The highest BCUT2D eigenvalue weighted by Gasteiger charge is 2.45. The molecule has 3 aromatic rings. The topological polar surface area (TPSA) is 92.7 Å². The highest BCUT2D eigenvalue weighted by Crippen LogP contribution is 2.39. The average molecular weight is 431 g/mol. The zero-order valence-electron chi connectivity index (χ0n) is 17.7. The van der Waals surface area contributed by atoms with Crippen molar-refractivity contribution in [2.45, 2.75) is 24.3 Å². The van der Waals surface area contributed by atoms with Gasteiger partial charge in [-0.1, -0.05) is 91.0 Å². The number of carbonyl (C=O) groups excluding carboxylic acids is 2. The molecule has 0 aromatic heterocycles. The maximum absolute atomic E-state index is 14.0. The van der Waals surface area contributed by atoms with Crippen LogP contribution >= 0.6 is 0 Å². The molecule has 0 aliphatic carbocycles. The summed E-state index contributed by atoms with van der Waals surface area (Å²) < 4.78 is 4.62.